The average molecular weight is 573 g/mol. The van der Waals surface area contributed by atoms with Gasteiger partial charge in [0.15, 0.2) is 0 Å². The molecule has 0 bridgehead atoms. The van der Waals surface area contributed by atoms with Crippen LogP contribution in [-0.2, 0) is 23.5 Å². The van der Waals surface area contributed by atoms with Gasteiger partial charge in [0.25, 0.3) is 5.91 Å². The number of hydrogen-bond acceptors (Lipinski definition) is 3. The van der Waals surface area contributed by atoms with E-state index in [-0.39, 0.29) is 38.4 Å². The zero-order chi connectivity index (χ0) is 29.6. The van der Waals surface area contributed by atoms with E-state index in [4.69, 9.17) is 10.5 Å². The summed E-state index contributed by atoms with van der Waals surface area (Å²) in [6.07, 6.45) is -5.92. The van der Waals surface area contributed by atoms with Crippen molar-refractivity contribution in [2.45, 2.75) is 82.7 Å². The lowest BCUT2D eigenvalue weighted by atomic mass is 9.85. The van der Waals surface area contributed by atoms with Crippen molar-refractivity contribution in [2.75, 3.05) is 13.1 Å². The summed E-state index contributed by atoms with van der Waals surface area (Å²) in [7, 11) is 0. The highest BCUT2D eigenvalue weighted by atomic mass is 19.4. The van der Waals surface area contributed by atoms with E-state index in [1.54, 1.807) is 30.3 Å². The first-order chi connectivity index (χ1) is 18.8. The number of unbranched alkanes of at least 4 members (excludes halogenated alkanes) is 4. The van der Waals surface area contributed by atoms with E-state index in [9.17, 15) is 35.9 Å². The maximum absolute atomic E-state index is 14.1. The molecule has 0 aliphatic carbocycles. The second-order valence-corrected chi connectivity index (χ2v) is 10.3. The van der Waals surface area contributed by atoms with Crippen LogP contribution in [0.25, 0.3) is 0 Å². The van der Waals surface area contributed by atoms with Crippen LogP contribution in [0.2, 0.25) is 0 Å². The van der Waals surface area contributed by atoms with Crippen LogP contribution in [0.15, 0.2) is 42.5 Å². The minimum atomic E-state index is -5.12. The number of primary amides is 1. The number of nitrogens with two attached hydrogens (primary N) is 1. The lowest BCUT2D eigenvalue weighted by Crippen LogP contribution is -2.49. The number of alkyl halides is 6. The standard InChI is InChI=1S/C29H34F6N2O3/c1-2-3-4-5-9-12-27(40-26(36)39)13-15-37(16-14-27)25(38)23-18-21(28(30,31)32)19-24(29(33,34)35)22(23)17-20-10-7-6-8-11-20/h6-8,10-11,18-19H,2-5,9,12-17H2,1H3,(H2,36,39). The summed E-state index contributed by atoms with van der Waals surface area (Å²) >= 11 is 0. The molecule has 1 aliphatic heterocycles. The third kappa shape index (κ3) is 8.14. The van der Waals surface area contributed by atoms with Crippen LogP contribution >= 0.6 is 0 Å². The second kappa shape index (κ2) is 13.0. The Morgan fingerprint density at radius 1 is 0.925 bits per heavy atom. The van der Waals surface area contributed by atoms with Crippen LogP contribution in [0.1, 0.15) is 90.9 Å². The number of carbonyl (C=O) groups is 2. The van der Waals surface area contributed by atoms with Gasteiger partial charge in [-0.25, -0.2) is 4.79 Å². The van der Waals surface area contributed by atoms with E-state index in [1.165, 1.54) is 4.90 Å². The topological polar surface area (TPSA) is 72.6 Å². The van der Waals surface area contributed by atoms with Crippen molar-refractivity contribution < 1.29 is 40.7 Å². The van der Waals surface area contributed by atoms with Crippen molar-refractivity contribution in [1.82, 2.24) is 4.90 Å². The highest BCUT2D eigenvalue weighted by Crippen LogP contribution is 2.41. The highest BCUT2D eigenvalue weighted by molar-refractivity contribution is 5.96. The maximum Gasteiger partial charge on any atom is 0.416 e. The molecule has 1 fully saturated rings. The molecule has 11 heteroatoms. The zero-order valence-electron chi connectivity index (χ0n) is 22.3. The van der Waals surface area contributed by atoms with Gasteiger partial charge in [0.1, 0.15) is 5.60 Å². The number of carbonyl (C=O) groups excluding carboxylic acids is 2. The van der Waals surface area contributed by atoms with Crippen molar-refractivity contribution in [3.63, 3.8) is 0 Å². The van der Waals surface area contributed by atoms with Crippen molar-refractivity contribution in [2.24, 2.45) is 5.73 Å². The number of halogens is 6. The Balaban J connectivity index is 1.94. The zero-order valence-corrected chi connectivity index (χ0v) is 22.3. The monoisotopic (exact) mass is 572 g/mol. The van der Waals surface area contributed by atoms with E-state index < -0.39 is 52.2 Å². The predicted octanol–water partition coefficient (Wildman–Crippen LogP) is 7.75. The van der Waals surface area contributed by atoms with Crippen LogP contribution < -0.4 is 5.73 Å². The van der Waals surface area contributed by atoms with Gasteiger partial charge in [-0.05, 0) is 42.5 Å². The highest BCUT2D eigenvalue weighted by Gasteiger charge is 2.43. The Kier molecular flexibility index (Phi) is 10.1. The van der Waals surface area contributed by atoms with Crippen molar-refractivity contribution in [3.8, 4) is 0 Å². The molecule has 1 heterocycles. The number of ether oxygens (including phenoxy) is 1. The maximum atomic E-state index is 14.1. The molecule has 220 valence electrons. The van der Waals surface area contributed by atoms with Crippen molar-refractivity contribution in [1.29, 1.82) is 0 Å². The Hall–Kier alpha value is -3.24. The van der Waals surface area contributed by atoms with Gasteiger partial charge in [0.05, 0.1) is 11.1 Å². The molecular weight excluding hydrogens is 538 g/mol. The molecule has 1 aliphatic rings. The molecule has 2 amide bonds. The largest absolute Gasteiger partial charge is 0.443 e. The summed E-state index contributed by atoms with van der Waals surface area (Å²) in [5, 5.41) is 0. The molecule has 40 heavy (non-hydrogen) atoms. The van der Waals surface area contributed by atoms with Crippen molar-refractivity contribution in [3.05, 3.63) is 70.3 Å². The van der Waals surface area contributed by atoms with Gasteiger partial charge in [-0.1, -0.05) is 62.9 Å². The number of benzene rings is 2. The molecule has 5 nitrogen and oxygen atoms in total. The molecule has 2 N–H and O–H groups in total. The molecule has 0 unspecified atom stereocenters. The van der Waals surface area contributed by atoms with E-state index >= 15 is 0 Å². The van der Waals surface area contributed by atoms with Crippen LogP contribution in [0, 0.1) is 0 Å². The Morgan fingerprint density at radius 2 is 1.55 bits per heavy atom. The van der Waals surface area contributed by atoms with Gasteiger partial charge in [0.2, 0.25) is 0 Å². The van der Waals surface area contributed by atoms with Crippen LogP contribution in [0.4, 0.5) is 31.1 Å². The first-order valence-corrected chi connectivity index (χ1v) is 13.4. The quantitative estimate of drug-likeness (QED) is 0.234. The molecule has 0 atom stereocenters. The summed E-state index contributed by atoms with van der Waals surface area (Å²) in [6.45, 7) is 2.06. The van der Waals surface area contributed by atoms with Gasteiger partial charge in [-0.15, -0.1) is 0 Å². The molecule has 0 radical (unpaired) electrons. The van der Waals surface area contributed by atoms with Gasteiger partial charge in [-0.2, -0.15) is 26.3 Å². The van der Waals surface area contributed by atoms with Crippen LogP contribution in [0.5, 0.6) is 0 Å². The van der Waals surface area contributed by atoms with Gasteiger partial charge < -0.3 is 15.4 Å². The van der Waals surface area contributed by atoms with E-state index in [0.29, 0.717) is 18.1 Å². The number of rotatable bonds is 10. The van der Waals surface area contributed by atoms with E-state index in [1.807, 2.05) is 0 Å². The molecule has 0 aromatic heterocycles. The minimum Gasteiger partial charge on any atom is -0.443 e. The molecule has 2 aromatic rings. The smallest absolute Gasteiger partial charge is 0.416 e. The fourth-order valence-electron chi connectivity index (χ4n) is 5.22. The first-order valence-electron chi connectivity index (χ1n) is 13.4. The van der Waals surface area contributed by atoms with Crippen LogP contribution in [-0.4, -0.2) is 35.6 Å². The van der Waals surface area contributed by atoms with Gasteiger partial charge in [0, 0.05) is 31.5 Å². The number of piperidine rings is 1. The normalized spacial score (nSPS) is 15.6. The summed E-state index contributed by atoms with van der Waals surface area (Å²) < 4.78 is 88.7. The third-order valence-electron chi connectivity index (χ3n) is 7.35. The number of nitrogens with zero attached hydrogens (tertiary/aromatic N) is 1. The summed E-state index contributed by atoms with van der Waals surface area (Å²) in [6, 6.07) is 8.51. The van der Waals surface area contributed by atoms with Crippen molar-refractivity contribution >= 4 is 12.0 Å². The van der Waals surface area contributed by atoms with Crippen LogP contribution in [0.3, 0.4) is 0 Å². The molecule has 1 saturated heterocycles. The Morgan fingerprint density at radius 3 is 2.10 bits per heavy atom. The number of hydrogen-bond donors (Lipinski definition) is 1. The van der Waals surface area contributed by atoms with E-state index in [0.717, 1.165) is 32.1 Å². The van der Waals surface area contributed by atoms with Gasteiger partial charge in [-0.3, -0.25) is 4.79 Å². The fraction of sp³-hybridized carbons (Fsp3) is 0.517. The number of amides is 2. The van der Waals surface area contributed by atoms with E-state index in [2.05, 4.69) is 6.92 Å². The molecule has 0 saturated carbocycles. The fourth-order valence-corrected chi connectivity index (χ4v) is 5.22. The number of likely N-dealkylation sites (tertiary alicyclic amines) is 1. The lowest BCUT2D eigenvalue weighted by molar-refractivity contribution is -0.143. The third-order valence-corrected chi connectivity index (χ3v) is 7.35. The average Bonchev–Trinajstić information content (AvgIpc) is 2.87. The summed E-state index contributed by atoms with van der Waals surface area (Å²) in [4.78, 5) is 26.5. The second-order valence-electron chi connectivity index (χ2n) is 10.3. The molecule has 2 aromatic carbocycles. The molecule has 0 spiro atoms. The predicted molar refractivity (Wildman–Crippen MR) is 138 cm³/mol. The Bertz CT molecular complexity index is 1160. The molecular formula is C29H34F6N2O3. The minimum absolute atomic E-state index is 0.0105. The summed E-state index contributed by atoms with van der Waals surface area (Å²) in [5.41, 5.74) is 0.574. The van der Waals surface area contributed by atoms with Gasteiger partial charge >= 0.3 is 18.4 Å². The lowest BCUT2D eigenvalue weighted by Gasteiger charge is -2.41. The SMILES string of the molecule is CCCCCCCC1(OC(N)=O)CCN(C(=O)c2cc(C(F)(F)F)cc(C(F)(F)F)c2Cc2ccccc2)CC1. The first kappa shape index (κ1) is 31.3. The Labute approximate surface area is 229 Å². The summed E-state index contributed by atoms with van der Waals surface area (Å²) in [5.74, 6) is -0.932. The molecule has 3 rings (SSSR count).